The Bertz CT molecular complexity index is 389. The second-order valence-electron chi connectivity index (χ2n) is 5.38. The number of carbonyl (C=O) groups is 1. The molecule has 1 heterocycles. The Morgan fingerprint density at radius 2 is 1.90 bits per heavy atom. The lowest BCUT2D eigenvalue weighted by molar-refractivity contribution is -0.131. The number of nitrogens with zero attached hydrogens (tertiary/aromatic N) is 1. The van der Waals surface area contributed by atoms with E-state index in [-0.39, 0.29) is 18.3 Å². The third-order valence-corrected chi connectivity index (χ3v) is 3.98. The molecule has 0 aliphatic carbocycles. The molecule has 3 nitrogen and oxygen atoms in total. The Labute approximate surface area is 128 Å². The Morgan fingerprint density at radius 1 is 1.25 bits per heavy atom. The first kappa shape index (κ1) is 17.0. The molecule has 0 atom stereocenters. The molecule has 1 N–H and O–H groups in total. The fourth-order valence-electron chi connectivity index (χ4n) is 2.75. The normalized spacial score (nSPS) is 15.8. The maximum atomic E-state index is 11.7. The van der Waals surface area contributed by atoms with E-state index in [0.29, 0.717) is 6.54 Å². The summed E-state index contributed by atoms with van der Waals surface area (Å²) >= 11 is 0. The second kappa shape index (κ2) is 8.98. The molecule has 1 aliphatic heterocycles. The molecule has 1 amide bonds. The standard InChI is InChI=1S/C16H24N2O.ClH/c1-17-13-16(19)18-11-9-15(10-12-18)8-7-14-5-3-2-4-6-14;/h2-6,15,17H,7-13H2,1H3;1H. The van der Waals surface area contributed by atoms with Crippen molar-refractivity contribution in [2.24, 2.45) is 5.92 Å². The number of hydrogen-bond donors (Lipinski definition) is 1. The van der Waals surface area contributed by atoms with Gasteiger partial charge < -0.3 is 10.2 Å². The summed E-state index contributed by atoms with van der Waals surface area (Å²) in [5.74, 6) is 1.02. The van der Waals surface area contributed by atoms with E-state index in [1.54, 1.807) is 0 Å². The number of aryl methyl sites for hydroxylation is 1. The largest absolute Gasteiger partial charge is 0.342 e. The van der Waals surface area contributed by atoms with Gasteiger partial charge in [-0.3, -0.25) is 4.79 Å². The molecule has 1 aromatic rings. The number of carbonyl (C=O) groups excluding carboxylic acids is 1. The molecule has 1 aromatic carbocycles. The summed E-state index contributed by atoms with van der Waals surface area (Å²) in [7, 11) is 1.82. The van der Waals surface area contributed by atoms with Gasteiger partial charge in [0.15, 0.2) is 0 Å². The van der Waals surface area contributed by atoms with Crippen molar-refractivity contribution in [2.45, 2.75) is 25.7 Å². The summed E-state index contributed by atoms with van der Waals surface area (Å²) < 4.78 is 0. The fraction of sp³-hybridized carbons (Fsp3) is 0.562. The molecular weight excluding hydrogens is 272 g/mol. The minimum Gasteiger partial charge on any atom is -0.342 e. The van der Waals surface area contributed by atoms with Crippen molar-refractivity contribution >= 4 is 18.3 Å². The van der Waals surface area contributed by atoms with Crippen molar-refractivity contribution in [1.29, 1.82) is 0 Å². The summed E-state index contributed by atoms with van der Waals surface area (Å²) in [5, 5.41) is 2.93. The van der Waals surface area contributed by atoms with Crippen molar-refractivity contribution in [1.82, 2.24) is 10.2 Å². The van der Waals surface area contributed by atoms with Crippen molar-refractivity contribution < 1.29 is 4.79 Å². The van der Waals surface area contributed by atoms with Crippen LogP contribution in [0.1, 0.15) is 24.8 Å². The Kier molecular flexibility index (Phi) is 7.63. The molecule has 0 bridgehead atoms. The highest BCUT2D eigenvalue weighted by Crippen LogP contribution is 2.22. The maximum absolute atomic E-state index is 11.7. The van der Waals surface area contributed by atoms with E-state index < -0.39 is 0 Å². The summed E-state index contributed by atoms with van der Waals surface area (Å²) in [4.78, 5) is 13.7. The predicted octanol–water partition coefficient (Wildman–Crippen LogP) is 2.50. The van der Waals surface area contributed by atoms with E-state index in [4.69, 9.17) is 0 Å². The molecule has 2 rings (SSSR count). The van der Waals surface area contributed by atoms with Gasteiger partial charge >= 0.3 is 0 Å². The lowest BCUT2D eigenvalue weighted by Crippen LogP contribution is -2.42. The number of amides is 1. The number of piperidine rings is 1. The van der Waals surface area contributed by atoms with Crippen LogP contribution in [0.2, 0.25) is 0 Å². The first-order valence-electron chi connectivity index (χ1n) is 7.26. The van der Waals surface area contributed by atoms with E-state index in [2.05, 4.69) is 35.6 Å². The minimum absolute atomic E-state index is 0. The van der Waals surface area contributed by atoms with Crippen LogP contribution in [-0.4, -0.2) is 37.5 Å². The van der Waals surface area contributed by atoms with Gasteiger partial charge in [-0.15, -0.1) is 12.4 Å². The molecule has 1 fully saturated rings. The van der Waals surface area contributed by atoms with E-state index in [9.17, 15) is 4.79 Å². The summed E-state index contributed by atoms with van der Waals surface area (Å²) in [6.07, 6.45) is 4.72. The van der Waals surface area contributed by atoms with E-state index >= 15 is 0 Å². The number of halogens is 1. The highest BCUT2D eigenvalue weighted by atomic mass is 35.5. The van der Waals surface area contributed by atoms with Crippen LogP contribution in [0.3, 0.4) is 0 Å². The number of likely N-dealkylation sites (N-methyl/N-ethyl adjacent to an activating group) is 1. The topological polar surface area (TPSA) is 32.3 Å². The molecule has 0 radical (unpaired) electrons. The van der Waals surface area contributed by atoms with E-state index in [0.717, 1.165) is 38.3 Å². The molecule has 0 aromatic heterocycles. The van der Waals surface area contributed by atoms with E-state index in [1.807, 2.05) is 11.9 Å². The van der Waals surface area contributed by atoms with Crippen molar-refractivity contribution in [2.75, 3.05) is 26.7 Å². The molecule has 112 valence electrons. The van der Waals surface area contributed by atoms with Crippen LogP contribution in [0.5, 0.6) is 0 Å². The van der Waals surface area contributed by atoms with Gasteiger partial charge in [-0.2, -0.15) is 0 Å². The summed E-state index contributed by atoms with van der Waals surface area (Å²) in [5.41, 5.74) is 1.43. The Morgan fingerprint density at radius 3 is 2.50 bits per heavy atom. The predicted molar refractivity (Wildman–Crippen MR) is 85.2 cm³/mol. The third kappa shape index (κ3) is 5.14. The van der Waals surface area contributed by atoms with Crippen molar-refractivity contribution in [3.05, 3.63) is 35.9 Å². The van der Waals surface area contributed by atoms with Gasteiger partial charge in [-0.05, 0) is 44.2 Å². The SMILES string of the molecule is CNCC(=O)N1CCC(CCc2ccccc2)CC1.Cl. The third-order valence-electron chi connectivity index (χ3n) is 3.98. The van der Waals surface area contributed by atoms with Gasteiger partial charge in [0.25, 0.3) is 0 Å². The van der Waals surface area contributed by atoms with Gasteiger partial charge in [0, 0.05) is 13.1 Å². The lowest BCUT2D eigenvalue weighted by atomic mass is 9.90. The maximum Gasteiger partial charge on any atom is 0.236 e. The second-order valence-corrected chi connectivity index (χ2v) is 5.38. The number of benzene rings is 1. The molecule has 20 heavy (non-hydrogen) atoms. The minimum atomic E-state index is 0. The molecule has 1 saturated heterocycles. The molecular formula is C16H25ClN2O. The fourth-order valence-corrected chi connectivity index (χ4v) is 2.75. The van der Waals surface area contributed by atoms with Gasteiger partial charge in [-0.25, -0.2) is 0 Å². The van der Waals surface area contributed by atoms with Crippen LogP contribution in [0, 0.1) is 5.92 Å². The quantitative estimate of drug-likeness (QED) is 0.905. The zero-order valence-corrected chi connectivity index (χ0v) is 13.0. The van der Waals surface area contributed by atoms with Gasteiger partial charge in [0.05, 0.1) is 6.54 Å². The molecule has 0 spiro atoms. The molecule has 1 aliphatic rings. The van der Waals surface area contributed by atoms with Gasteiger partial charge in [0.1, 0.15) is 0 Å². The molecule has 0 saturated carbocycles. The van der Waals surface area contributed by atoms with Crippen LogP contribution < -0.4 is 5.32 Å². The van der Waals surface area contributed by atoms with Gasteiger partial charge in [-0.1, -0.05) is 30.3 Å². The van der Waals surface area contributed by atoms with Crippen LogP contribution in [0.15, 0.2) is 30.3 Å². The monoisotopic (exact) mass is 296 g/mol. The van der Waals surface area contributed by atoms with Crippen molar-refractivity contribution in [3.8, 4) is 0 Å². The van der Waals surface area contributed by atoms with Crippen molar-refractivity contribution in [3.63, 3.8) is 0 Å². The zero-order chi connectivity index (χ0) is 13.5. The number of rotatable bonds is 5. The van der Waals surface area contributed by atoms with Crippen LogP contribution in [0.4, 0.5) is 0 Å². The van der Waals surface area contributed by atoms with Crippen LogP contribution >= 0.6 is 12.4 Å². The van der Waals surface area contributed by atoms with Crippen LogP contribution in [-0.2, 0) is 11.2 Å². The lowest BCUT2D eigenvalue weighted by Gasteiger charge is -2.32. The first-order valence-corrected chi connectivity index (χ1v) is 7.26. The average molecular weight is 297 g/mol. The number of likely N-dealkylation sites (tertiary alicyclic amines) is 1. The van der Waals surface area contributed by atoms with Gasteiger partial charge in [0.2, 0.25) is 5.91 Å². The number of hydrogen-bond acceptors (Lipinski definition) is 2. The summed E-state index contributed by atoms with van der Waals surface area (Å²) in [6, 6.07) is 10.7. The smallest absolute Gasteiger partial charge is 0.236 e. The zero-order valence-electron chi connectivity index (χ0n) is 12.2. The molecule has 4 heteroatoms. The van der Waals surface area contributed by atoms with E-state index in [1.165, 1.54) is 12.0 Å². The number of nitrogens with one attached hydrogen (secondary N) is 1. The van der Waals surface area contributed by atoms with Crippen LogP contribution in [0.25, 0.3) is 0 Å². The Hall–Kier alpha value is -1.06. The highest BCUT2D eigenvalue weighted by Gasteiger charge is 2.21. The summed E-state index contributed by atoms with van der Waals surface area (Å²) in [6.45, 7) is 2.33. The first-order chi connectivity index (χ1) is 9.29. The average Bonchev–Trinajstić information content (AvgIpc) is 2.47. The Balaban J connectivity index is 0.00000200. The molecule has 0 unspecified atom stereocenters. The highest BCUT2D eigenvalue weighted by molar-refractivity contribution is 5.85.